The Morgan fingerprint density at radius 1 is 1.16 bits per heavy atom. The van der Waals surface area contributed by atoms with E-state index in [1.165, 1.54) is 10.6 Å². The van der Waals surface area contributed by atoms with Crippen LogP contribution in [-0.4, -0.2) is 35.9 Å². The SMILES string of the molecule is FC(F)(F)c1ccc2cc(N3CCOCC3)nn2c1. The monoisotopic (exact) mass is 271 g/mol. The van der Waals surface area contributed by atoms with Gasteiger partial charge in [-0.25, -0.2) is 4.52 Å². The van der Waals surface area contributed by atoms with Crippen LogP contribution in [0.2, 0.25) is 0 Å². The first-order chi connectivity index (χ1) is 9.04. The third kappa shape index (κ3) is 2.37. The van der Waals surface area contributed by atoms with Crippen molar-refractivity contribution in [3.8, 4) is 0 Å². The molecule has 2 aromatic heterocycles. The number of fused-ring (bicyclic) bond motifs is 1. The molecule has 0 N–H and O–H groups in total. The summed E-state index contributed by atoms with van der Waals surface area (Å²) in [5, 5.41) is 4.20. The fourth-order valence-corrected chi connectivity index (χ4v) is 2.09. The number of aromatic nitrogens is 2. The van der Waals surface area contributed by atoms with Gasteiger partial charge < -0.3 is 9.64 Å². The maximum atomic E-state index is 12.6. The lowest BCUT2D eigenvalue weighted by Gasteiger charge is -2.26. The summed E-state index contributed by atoms with van der Waals surface area (Å²) in [6.45, 7) is 2.63. The van der Waals surface area contributed by atoms with Crippen LogP contribution in [-0.2, 0) is 10.9 Å². The molecular formula is C12H12F3N3O. The van der Waals surface area contributed by atoms with E-state index in [9.17, 15) is 13.2 Å². The van der Waals surface area contributed by atoms with Crippen molar-refractivity contribution >= 4 is 11.3 Å². The maximum absolute atomic E-state index is 12.6. The Morgan fingerprint density at radius 3 is 2.58 bits per heavy atom. The standard InChI is InChI=1S/C12H12F3N3O/c13-12(14,15)9-1-2-10-7-11(16-18(10)8-9)17-3-5-19-6-4-17/h1-2,7-8H,3-6H2. The first-order valence-corrected chi connectivity index (χ1v) is 5.93. The summed E-state index contributed by atoms with van der Waals surface area (Å²) in [4.78, 5) is 2.00. The molecule has 0 aliphatic carbocycles. The van der Waals surface area contributed by atoms with Crippen LogP contribution in [0.5, 0.6) is 0 Å². The molecule has 1 fully saturated rings. The molecule has 0 bridgehead atoms. The highest BCUT2D eigenvalue weighted by molar-refractivity contribution is 5.57. The predicted molar refractivity (Wildman–Crippen MR) is 63.2 cm³/mol. The third-order valence-corrected chi connectivity index (χ3v) is 3.11. The summed E-state index contributed by atoms with van der Waals surface area (Å²) in [7, 11) is 0. The number of morpholine rings is 1. The lowest BCUT2D eigenvalue weighted by molar-refractivity contribution is -0.137. The average Bonchev–Trinajstić information content (AvgIpc) is 2.81. The van der Waals surface area contributed by atoms with Crippen LogP contribution in [0.25, 0.3) is 5.52 Å². The second-order valence-corrected chi connectivity index (χ2v) is 4.39. The number of halogens is 3. The number of ether oxygens (including phenoxy) is 1. The second kappa shape index (κ2) is 4.41. The van der Waals surface area contributed by atoms with Crippen LogP contribution < -0.4 is 4.90 Å². The first kappa shape index (κ1) is 12.3. The second-order valence-electron chi connectivity index (χ2n) is 4.39. The van der Waals surface area contributed by atoms with Gasteiger partial charge in [-0.05, 0) is 12.1 Å². The summed E-state index contributed by atoms with van der Waals surface area (Å²) in [6.07, 6.45) is -3.33. The Labute approximate surface area is 107 Å². The Bertz CT molecular complexity index is 587. The molecule has 0 unspecified atom stereocenters. The maximum Gasteiger partial charge on any atom is 0.417 e. The number of nitrogens with zero attached hydrogens (tertiary/aromatic N) is 3. The summed E-state index contributed by atoms with van der Waals surface area (Å²) >= 11 is 0. The zero-order valence-electron chi connectivity index (χ0n) is 10.0. The summed E-state index contributed by atoms with van der Waals surface area (Å²) < 4.78 is 44.3. The molecule has 0 amide bonds. The Morgan fingerprint density at radius 2 is 1.89 bits per heavy atom. The Hall–Kier alpha value is -1.76. The van der Waals surface area contributed by atoms with Gasteiger partial charge in [-0.2, -0.15) is 18.3 Å². The number of alkyl halides is 3. The van der Waals surface area contributed by atoms with Gasteiger partial charge in [0.2, 0.25) is 0 Å². The van der Waals surface area contributed by atoms with Crippen molar-refractivity contribution in [1.29, 1.82) is 0 Å². The summed E-state index contributed by atoms with van der Waals surface area (Å²) in [5.41, 5.74) is -0.0499. The summed E-state index contributed by atoms with van der Waals surface area (Å²) in [6, 6.07) is 4.28. The molecule has 102 valence electrons. The van der Waals surface area contributed by atoms with E-state index < -0.39 is 11.7 Å². The van der Waals surface area contributed by atoms with Crippen molar-refractivity contribution in [2.45, 2.75) is 6.18 Å². The first-order valence-electron chi connectivity index (χ1n) is 5.93. The van der Waals surface area contributed by atoms with Crippen molar-refractivity contribution in [3.05, 3.63) is 30.0 Å². The minimum Gasteiger partial charge on any atom is -0.378 e. The number of anilines is 1. The number of pyridine rings is 1. The summed E-state index contributed by atoms with van der Waals surface area (Å²) in [5.74, 6) is 0.683. The molecule has 0 aromatic carbocycles. The Balaban J connectivity index is 1.96. The van der Waals surface area contributed by atoms with Gasteiger partial charge in [0.15, 0.2) is 5.82 Å². The molecule has 3 rings (SSSR count). The van der Waals surface area contributed by atoms with Gasteiger partial charge in [0, 0.05) is 25.4 Å². The minimum atomic E-state index is -4.35. The fraction of sp³-hybridized carbons (Fsp3) is 0.417. The molecule has 2 aromatic rings. The van der Waals surface area contributed by atoms with Crippen LogP contribution in [0.15, 0.2) is 24.4 Å². The van der Waals surface area contributed by atoms with E-state index >= 15 is 0 Å². The van der Waals surface area contributed by atoms with Crippen molar-refractivity contribution in [1.82, 2.24) is 9.61 Å². The average molecular weight is 271 g/mol. The van der Waals surface area contributed by atoms with E-state index in [0.29, 0.717) is 37.6 Å². The van der Waals surface area contributed by atoms with Crippen LogP contribution in [0.3, 0.4) is 0 Å². The van der Waals surface area contributed by atoms with E-state index in [1.807, 2.05) is 4.90 Å². The molecule has 0 saturated carbocycles. The molecule has 3 heterocycles. The third-order valence-electron chi connectivity index (χ3n) is 3.11. The van der Waals surface area contributed by atoms with Crippen LogP contribution >= 0.6 is 0 Å². The van der Waals surface area contributed by atoms with E-state index in [0.717, 1.165) is 12.3 Å². The highest BCUT2D eigenvalue weighted by Gasteiger charge is 2.31. The molecule has 19 heavy (non-hydrogen) atoms. The van der Waals surface area contributed by atoms with Gasteiger partial charge in [0.1, 0.15) is 0 Å². The van der Waals surface area contributed by atoms with Crippen molar-refractivity contribution < 1.29 is 17.9 Å². The van der Waals surface area contributed by atoms with Gasteiger partial charge in [-0.3, -0.25) is 0 Å². The van der Waals surface area contributed by atoms with Gasteiger partial charge >= 0.3 is 6.18 Å². The number of rotatable bonds is 1. The zero-order valence-corrected chi connectivity index (χ0v) is 10.0. The zero-order chi connectivity index (χ0) is 13.5. The molecule has 0 spiro atoms. The lowest BCUT2D eigenvalue weighted by Crippen LogP contribution is -2.36. The van der Waals surface area contributed by atoms with E-state index in [4.69, 9.17) is 4.74 Å². The van der Waals surface area contributed by atoms with Crippen molar-refractivity contribution in [3.63, 3.8) is 0 Å². The van der Waals surface area contributed by atoms with E-state index in [-0.39, 0.29) is 0 Å². The highest BCUT2D eigenvalue weighted by Crippen LogP contribution is 2.29. The van der Waals surface area contributed by atoms with Gasteiger partial charge in [-0.15, -0.1) is 0 Å². The quantitative estimate of drug-likeness (QED) is 0.796. The fourth-order valence-electron chi connectivity index (χ4n) is 2.09. The minimum absolute atomic E-state index is 0.613. The smallest absolute Gasteiger partial charge is 0.378 e. The lowest BCUT2D eigenvalue weighted by atomic mass is 10.2. The molecule has 4 nitrogen and oxygen atoms in total. The van der Waals surface area contributed by atoms with Crippen LogP contribution in [0.1, 0.15) is 5.56 Å². The van der Waals surface area contributed by atoms with Crippen LogP contribution in [0.4, 0.5) is 19.0 Å². The Kier molecular flexibility index (Phi) is 2.85. The molecule has 7 heteroatoms. The number of hydrogen-bond donors (Lipinski definition) is 0. The van der Waals surface area contributed by atoms with E-state index in [1.54, 1.807) is 6.07 Å². The topological polar surface area (TPSA) is 29.8 Å². The predicted octanol–water partition coefficient (Wildman–Crippen LogP) is 2.19. The van der Waals surface area contributed by atoms with Crippen molar-refractivity contribution in [2.24, 2.45) is 0 Å². The molecule has 0 radical (unpaired) electrons. The molecule has 0 atom stereocenters. The van der Waals surface area contributed by atoms with Crippen LogP contribution in [0, 0.1) is 0 Å². The highest BCUT2D eigenvalue weighted by atomic mass is 19.4. The van der Waals surface area contributed by atoms with Gasteiger partial charge in [0.25, 0.3) is 0 Å². The van der Waals surface area contributed by atoms with Gasteiger partial charge in [-0.1, -0.05) is 0 Å². The van der Waals surface area contributed by atoms with Gasteiger partial charge in [0.05, 0.1) is 24.3 Å². The normalized spacial score (nSPS) is 17.1. The molecule has 1 aliphatic rings. The number of hydrogen-bond acceptors (Lipinski definition) is 3. The van der Waals surface area contributed by atoms with E-state index in [2.05, 4.69) is 5.10 Å². The molecule has 1 aliphatic heterocycles. The molecular weight excluding hydrogens is 259 g/mol. The van der Waals surface area contributed by atoms with Crippen molar-refractivity contribution in [2.75, 3.05) is 31.2 Å². The molecule has 1 saturated heterocycles. The largest absolute Gasteiger partial charge is 0.417 e.